The number of amides is 1. The quantitative estimate of drug-likeness (QED) is 0.215. The Bertz CT molecular complexity index is 1790. The molecule has 3 heterocycles. The van der Waals surface area contributed by atoms with Crippen molar-refractivity contribution in [3.8, 4) is 28.1 Å². The Kier molecular flexibility index (Phi) is 7.56. The number of nitrogens with zero attached hydrogens (tertiary/aromatic N) is 2. The molecule has 10 heteroatoms. The average molecular weight is 555 g/mol. The van der Waals surface area contributed by atoms with Gasteiger partial charge in [0.2, 0.25) is 0 Å². The van der Waals surface area contributed by atoms with Crippen molar-refractivity contribution in [3.05, 3.63) is 111 Å². The smallest absolute Gasteiger partial charge is 0.305 e. The highest BCUT2D eigenvalue weighted by atomic mass is 35.5. The maximum atomic E-state index is 13.7. The number of aromatic hydroxyl groups is 1. The van der Waals surface area contributed by atoms with Crippen LogP contribution in [0.4, 0.5) is 0 Å². The number of carboxylic acid groups (broad SMARTS) is 1. The predicted molar refractivity (Wildman–Crippen MR) is 152 cm³/mol. The molecular weight excluding hydrogens is 532 g/mol. The number of rotatable bonds is 8. The molecule has 1 amide bonds. The van der Waals surface area contributed by atoms with Gasteiger partial charge in [0.1, 0.15) is 0 Å². The normalized spacial score (nSPS) is 10.9. The largest absolute Gasteiger partial charge is 0.505 e. The Morgan fingerprint density at radius 2 is 1.68 bits per heavy atom. The first-order valence-electron chi connectivity index (χ1n) is 12.4. The number of fused-ring (bicyclic) bond motifs is 1. The third-order valence-corrected chi connectivity index (χ3v) is 6.55. The van der Waals surface area contributed by atoms with Gasteiger partial charge in [0.15, 0.2) is 11.4 Å². The van der Waals surface area contributed by atoms with Gasteiger partial charge in [-0.15, -0.1) is 0 Å². The minimum Gasteiger partial charge on any atom is -0.505 e. The number of H-pyrrole nitrogens is 1. The van der Waals surface area contributed by atoms with Crippen molar-refractivity contribution in [2.45, 2.75) is 12.8 Å². The molecule has 5 rings (SSSR count). The van der Waals surface area contributed by atoms with Crippen LogP contribution in [0.1, 0.15) is 28.0 Å². The summed E-state index contributed by atoms with van der Waals surface area (Å²) in [6, 6.07) is 20.1. The lowest BCUT2D eigenvalue weighted by atomic mass is 9.91. The molecular formula is C30H23ClN4O5. The molecule has 3 aromatic heterocycles. The molecule has 0 fully saturated rings. The Morgan fingerprint density at radius 3 is 2.35 bits per heavy atom. The molecule has 40 heavy (non-hydrogen) atoms. The summed E-state index contributed by atoms with van der Waals surface area (Å²) in [7, 11) is 0. The minimum atomic E-state index is -1.09. The SMILES string of the molecule is O=C(O)CCNC(=O)c1nc(-c2cncc(Cl)c2)c2[nH]c(=O)c(-c3ccccc3)c(Cc3ccccc3)c2c1O. The van der Waals surface area contributed by atoms with Crippen molar-refractivity contribution in [1.82, 2.24) is 20.3 Å². The van der Waals surface area contributed by atoms with Crippen LogP contribution in [0.5, 0.6) is 5.75 Å². The summed E-state index contributed by atoms with van der Waals surface area (Å²) >= 11 is 6.21. The zero-order chi connectivity index (χ0) is 28.2. The fraction of sp³-hybridized carbons (Fsp3) is 0.100. The molecule has 0 aliphatic heterocycles. The lowest BCUT2D eigenvalue weighted by molar-refractivity contribution is -0.136. The molecule has 2 aromatic carbocycles. The fourth-order valence-electron chi connectivity index (χ4n) is 4.59. The number of hydrogen-bond donors (Lipinski definition) is 4. The highest BCUT2D eigenvalue weighted by molar-refractivity contribution is 6.30. The van der Waals surface area contributed by atoms with Crippen LogP contribution < -0.4 is 10.9 Å². The van der Waals surface area contributed by atoms with E-state index in [9.17, 15) is 19.5 Å². The van der Waals surface area contributed by atoms with Gasteiger partial charge < -0.3 is 20.5 Å². The van der Waals surface area contributed by atoms with Crippen LogP contribution in [0.2, 0.25) is 5.02 Å². The molecule has 0 aliphatic rings. The molecule has 0 aliphatic carbocycles. The van der Waals surface area contributed by atoms with E-state index in [1.165, 1.54) is 12.4 Å². The maximum Gasteiger partial charge on any atom is 0.305 e. The van der Waals surface area contributed by atoms with Gasteiger partial charge in [-0.1, -0.05) is 72.3 Å². The average Bonchev–Trinajstić information content (AvgIpc) is 2.94. The Hall–Kier alpha value is -5.02. The number of aromatic nitrogens is 3. The molecule has 0 bridgehead atoms. The summed E-state index contributed by atoms with van der Waals surface area (Å²) in [6.07, 6.45) is 2.87. The van der Waals surface area contributed by atoms with Gasteiger partial charge in [0.25, 0.3) is 11.5 Å². The number of nitrogens with one attached hydrogen (secondary N) is 2. The molecule has 0 atom stereocenters. The number of carbonyl (C=O) groups excluding carboxylic acids is 1. The third-order valence-electron chi connectivity index (χ3n) is 6.34. The van der Waals surface area contributed by atoms with Crippen molar-refractivity contribution in [2.24, 2.45) is 0 Å². The predicted octanol–water partition coefficient (Wildman–Crippen LogP) is 4.81. The zero-order valence-corrected chi connectivity index (χ0v) is 21.8. The summed E-state index contributed by atoms with van der Waals surface area (Å²) in [4.78, 5) is 49.3. The van der Waals surface area contributed by atoms with E-state index in [0.717, 1.165) is 5.56 Å². The molecule has 200 valence electrons. The molecule has 0 spiro atoms. The first-order valence-corrected chi connectivity index (χ1v) is 12.7. The number of hydrogen-bond acceptors (Lipinski definition) is 6. The zero-order valence-electron chi connectivity index (χ0n) is 21.0. The fourth-order valence-corrected chi connectivity index (χ4v) is 4.77. The molecule has 0 radical (unpaired) electrons. The van der Waals surface area contributed by atoms with Gasteiger partial charge in [-0.25, -0.2) is 4.98 Å². The van der Waals surface area contributed by atoms with Gasteiger partial charge >= 0.3 is 5.97 Å². The van der Waals surface area contributed by atoms with E-state index in [1.807, 2.05) is 48.5 Å². The van der Waals surface area contributed by atoms with Crippen LogP contribution in [0, 0.1) is 0 Å². The number of pyridine rings is 3. The van der Waals surface area contributed by atoms with E-state index >= 15 is 0 Å². The number of benzene rings is 2. The van der Waals surface area contributed by atoms with Gasteiger partial charge in [-0.2, -0.15) is 0 Å². The van der Waals surface area contributed by atoms with Crippen molar-refractivity contribution >= 4 is 34.4 Å². The van der Waals surface area contributed by atoms with E-state index in [0.29, 0.717) is 27.3 Å². The monoisotopic (exact) mass is 554 g/mol. The summed E-state index contributed by atoms with van der Waals surface area (Å²) < 4.78 is 0. The summed E-state index contributed by atoms with van der Waals surface area (Å²) in [5, 5.41) is 23.6. The van der Waals surface area contributed by atoms with E-state index < -0.39 is 23.2 Å². The lowest BCUT2D eigenvalue weighted by Crippen LogP contribution is -2.27. The topological polar surface area (TPSA) is 145 Å². The lowest BCUT2D eigenvalue weighted by Gasteiger charge is -2.18. The molecule has 9 nitrogen and oxygen atoms in total. The summed E-state index contributed by atoms with van der Waals surface area (Å²) in [6.45, 7) is -0.168. The molecule has 4 N–H and O–H groups in total. The molecule has 0 unspecified atom stereocenters. The Balaban J connectivity index is 1.86. The number of aliphatic carboxylic acids is 1. The van der Waals surface area contributed by atoms with E-state index in [-0.39, 0.29) is 41.7 Å². The molecule has 0 saturated carbocycles. The summed E-state index contributed by atoms with van der Waals surface area (Å²) in [5.41, 5.74) is 2.40. The highest BCUT2D eigenvalue weighted by Crippen LogP contribution is 2.39. The second kappa shape index (κ2) is 11.4. The molecule has 5 aromatic rings. The number of carboxylic acids is 1. The standard InChI is InChI=1S/C30H23ClN4O5/c31-20-14-19(15-32-16-20)25-26-24(28(38)27(34-25)30(40)33-12-11-22(36)37)21(13-17-7-3-1-4-8-17)23(29(39)35-26)18-9-5-2-6-10-18/h1-10,14-16,38H,11-13H2,(H,33,40)(H,35,39)(H,36,37). The molecule has 0 saturated heterocycles. The van der Waals surface area contributed by atoms with Crippen LogP contribution in [0.15, 0.2) is 83.9 Å². The third kappa shape index (κ3) is 5.41. The van der Waals surface area contributed by atoms with Crippen LogP contribution >= 0.6 is 11.6 Å². The van der Waals surface area contributed by atoms with Crippen molar-refractivity contribution < 1.29 is 19.8 Å². The Labute approximate surface area is 233 Å². The van der Waals surface area contributed by atoms with Crippen molar-refractivity contribution in [2.75, 3.05) is 6.54 Å². The number of carbonyl (C=O) groups is 2. The highest BCUT2D eigenvalue weighted by Gasteiger charge is 2.26. The second-order valence-electron chi connectivity index (χ2n) is 9.04. The van der Waals surface area contributed by atoms with Gasteiger partial charge in [0.05, 0.1) is 28.2 Å². The van der Waals surface area contributed by atoms with Gasteiger partial charge in [-0.3, -0.25) is 19.4 Å². The maximum absolute atomic E-state index is 13.7. The number of aromatic amines is 1. The second-order valence-corrected chi connectivity index (χ2v) is 9.47. The number of halogens is 1. The van der Waals surface area contributed by atoms with Crippen LogP contribution in [-0.4, -0.2) is 43.6 Å². The van der Waals surface area contributed by atoms with Crippen molar-refractivity contribution in [1.29, 1.82) is 0 Å². The Morgan fingerprint density at radius 1 is 0.975 bits per heavy atom. The first kappa shape index (κ1) is 26.6. The summed E-state index contributed by atoms with van der Waals surface area (Å²) in [5.74, 6) is -2.30. The van der Waals surface area contributed by atoms with E-state index in [2.05, 4.69) is 20.3 Å². The van der Waals surface area contributed by atoms with Crippen LogP contribution in [0.25, 0.3) is 33.3 Å². The van der Waals surface area contributed by atoms with E-state index in [4.69, 9.17) is 16.7 Å². The van der Waals surface area contributed by atoms with Crippen LogP contribution in [-0.2, 0) is 11.2 Å². The van der Waals surface area contributed by atoms with Gasteiger partial charge in [0, 0.05) is 29.9 Å². The van der Waals surface area contributed by atoms with Crippen LogP contribution in [0.3, 0.4) is 0 Å². The van der Waals surface area contributed by atoms with E-state index in [1.54, 1.807) is 18.2 Å². The minimum absolute atomic E-state index is 0.168. The van der Waals surface area contributed by atoms with Crippen molar-refractivity contribution in [3.63, 3.8) is 0 Å². The van der Waals surface area contributed by atoms with Gasteiger partial charge in [-0.05, 0) is 29.2 Å². The first-order chi connectivity index (χ1) is 19.3.